The molecule has 0 atom stereocenters. The molecule has 3 nitrogen and oxygen atoms in total. The van der Waals surface area contributed by atoms with Crippen LogP contribution in [0, 0.1) is 0 Å². The Bertz CT molecular complexity index is 707. The maximum atomic E-state index is 5.74. The minimum absolute atomic E-state index is 0.433. The molecule has 2 aromatic heterocycles. The van der Waals surface area contributed by atoms with Gasteiger partial charge in [0.25, 0.3) is 0 Å². The lowest BCUT2D eigenvalue weighted by Crippen LogP contribution is -1.96. The summed E-state index contributed by atoms with van der Waals surface area (Å²) in [5, 5.41) is 1.12. The largest absolute Gasteiger partial charge is 0.473 e. The second-order valence-corrected chi connectivity index (χ2v) is 5.96. The second kappa shape index (κ2) is 5.59. The van der Waals surface area contributed by atoms with Crippen LogP contribution in [0.2, 0.25) is 0 Å². The first kappa shape index (κ1) is 13.1. The first-order valence-corrected chi connectivity index (χ1v) is 7.48. The monoisotopic (exact) mass is 284 g/mol. The zero-order valence-corrected chi connectivity index (χ0v) is 12.4. The molecular formula is C16H16N2OS. The molecule has 0 bridgehead atoms. The third kappa shape index (κ3) is 2.80. The highest BCUT2D eigenvalue weighted by molar-refractivity contribution is 7.18. The minimum Gasteiger partial charge on any atom is -0.473 e. The summed E-state index contributed by atoms with van der Waals surface area (Å²) < 4.78 is 5.74. The van der Waals surface area contributed by atoms with Crippen molar-refractivity contribution in [1.82, 2.24) is 9.97 Å². The van der Waals surface area contributed by atoms with Crippen LogP contribution in [0.1, 0.15) is 30.3 Å². The number of fused-ring (bicyclic) bond motifs is 1. The van der Waals surface area contributed by atoms with E-state index in [0.717, 1.165) is 20.9 Å². The van der Waals surface area contributed by atoms with Gasteiger partial charge in [0, 0.05) is 12.0 Å². The summed E-state index contributed by atoms with van der Waals surface area (Å²) in [6, 6.07) is 14.0. The molecule has 1 aromatic carbocycles. The van der Waals surface area contributed by atoms with Crippen LogP contribution in [0.3, 0.4) is 0 Å². The molecule has 0 saturated carbocycles. The quantitative estimate of drug-likeness (QED) is 0.712. The van der Waals surface area contributed by atoms with Crippen LogP contribution < -0.4 is 4.74 Å². The maximum Gasteiger partial charge on any atom is 0.215 e. The predicted molar refractivity (Wildman–Crippen MR) is 82.3 cm³/mol. The van der Waals surface area contributed by atoms with Gasteiger partial charge in [-0.25, -0.2) is 9.97 Å². The number of aromatic nitrogens is 2. The van der Waals surface area contributed by atoms with Crippen molar-refractivity contribution >= 4 is 21.7 Å². The van der Waals surface area contributed by atoms with Gasteiger partial charge in [0.1, 0.15) is 17.0 Å². The molecule has 4 heteroatoms. The zero-order chi connectivity index (χ0) is 13.9. The topological polar surface area (TPSA) is 35.0 Å². The van der Waals surface area contributed by atoms with Crippen molar-refractivity contribution in [2.45, 2.75) is 26.4 Å². The Labute approximate surface area is 122 Å². The van der Waals surface area contributed by atoms with Crippen molar-refractivity contribution in [3.63, 3.8) is 0 Å². The van der Waals surface area contributed by atoms with Gasteiger partial charge in [0.05, 0.1) is 5.01 Å². The maximum absolute atomic E-state index is 5.74. The van der Waals surface area contributed by atoms with Gasteiger partial charge in [-0.3, -0.25) is 0 Å². The lowest BCUT2D eigenvalue weighted by molar-refractivity contribution is 0.295. The van der Waals surface area contributed by atoms with Gasteiger partial charge in [-0.2, -0.15) is 0 Å². The first-order chi connectivity index (χ1) is 9.72. The predicted octanol–water partition coefficient (Wildman–Crippen LogP) is 4.39. The van der Waals surface area contributed by atoms with Crippen LogP contribution in [-0.2, 0) is 6.61 Å². The number of ether oxygens (including phenoxy) is 1. The lowest BCUT2D eigenvalue weighted by atomic mass is 10.2. The van der Waals surface area contributed by atoms with E-state index in [9.17, 15) is 0 Å². The molecule has 0 N–H and O–H groups in total. The summed E-state index contributed by atoms with van der Waals surface area (Å²) in [6.07, 6.45) is 0. The van der Waals surface area contributed by atoms with E-state index in [2.05, 4.69) is 23.8 Å². The van der Waals surface area contributed by atoms with Gasteiger partial charge < -0.3 is 4.74 Å². The smallest absolute Gasteiger partial charge is 0.215 e. The van der Waals surface area contributed by atoms with Gasteiger partial charge in [-0.15, -0.1) is 0 Å². The Balaban J connectivity index is 1.78. The third-order valence-electron chi connectivity index (χ3n) is 2.97. The van der Waals surface area contributed by atoms with Gasteiger partial charge in [0.2, 0.25) is 5.88 Å². The van der Waals surface area contributed by atoms with Crippen LogP contribution in [0.25, 0.3) is 10.3 Å². The molecule has 0 saturated heterocycles. The molecule has 0 radical (unpaired) electrons. The van der Waals surface area contributed by atoms with Crippen LogP contribution in [-0.4, -0.2) is 9.97 Å². The van der Waals surface area contributed by atoms with E-state index in [-0.39, 0.29) is 0 Å². The number of rotatable bonds is 4. The van der Waals surface area contributed by atoms with E-state index >= 15 is 0 Å². The Morgan fingerprint density at radius 1 is 1.05 bits per heavy atom. The summed E-state index contributed by atoms with van der Waals surface area (Å²) in [5.41, 5.74) is 2.09. The standard InChI is InChI=1S/C16H16N2OS/c1-11(2)15-17-13-8-9-14(18-16(13)20-15)19-10-12-6-4-3-5-7-12/h3-9,11H,10H2,1-2H3. The molecule has 102 valence electrons. The highest BCUT2D eigenvalue weighted by Gasteiger charge is 2.09. The molecular weight excluding hydrogens is 268 g/mol. The Morgan fingerprint density at radius 3 is 2.60 bits per heavy atom. The summed E-state index contributed by atoms with van der Waals surface area (Å²) in [6.45, 7) is 4.82. The van der Waals surface area contributed by atoms with Crippen molar-refractivity contribution < 1.29 is 4.74 Å². The Hall–Kier alpha value is -1.94. The van der Waals surface area contributed by atoms with Gasteiger partial charge >= 0.3 is 0 Å². The SMILES string of the molecule is CC(C)c1nc2ccc(OCc3ccccc3)nc2s1. The van der Waals surface area contributed by atoms with Crippen molar-refractivity contribution in [2.75, 3.05) is 0 Å². The number of hydrogen-bond donors (Lipinski definition) is 0. The average Bonchev–Trinajstić information content (AvgIpc) is 2.89. The van der Waals surface area contributed by atoms with Crippen molar-refractivity contribution in [3.05, 3.63) is 53.0 Å². The summed E-state index contributed by atoms with van der Waals surface area (Å²) in [7, 11) is 0. The fourth-order valence-corrected chi connectivity index (χ4v) is 2.81. The van der Waals surface area contributed by atoms with E-state index in [1.54, 1.807) is 11.3 Å². The molecule has 0 aliphatic carbocycles. The molecule has 0 amide bonds. The average molecular weight is 284 g/mol. The van der Waals surface area contributed by atoms with Crippen LogP contribution in [0.4, 0.5) is 0 Å². The molecule has 2 heterocycles. The van der Waals surface area contributed by atoms with Crippen LogP contribution in [0.5, 0.6) is 5.88 Å². The van der Waals surface area contributed by atoms with Gasteiger partial charge in [0.15, 0.2) is 0 Å². The highest BCUT2D eigenvalue weighted by Crippen LogP contribution is 2.27. The number of benzene rings is 1. The number of hydrogen-bond acceptors (Lipinski definition) is 4. The lowest BCUT2D eigenvalue weighted by Gasteiger charge is -2.04. The summed E-state index contributed by atoms with van der Waals surface area (Å²) in [4.78, 5) is 10.0. The first-order valence-electron chi connectivity index (χ1n) is 6.66. The molecule has 0 spiro atoms. The minimum atomic E-state index is 0.433. The number of thiazole rings is 1. The molecule has 0 unspecified atom stereocenters. The van der Waals surface area contributed by atoms with Crippen molar-refractivity contribution in [1.29, 1.82) is 0 Å². The molecule has 0 aliphatic rings. The van der Waals surface area contributed by atoms with Gasteiger partial charge in [-0.05, 0) is 11.6 Å². The van der Waals surface area contributed by atoms with Gasteiger partial charge in [-0.1, -0.05) is 55.5 Å². The van der Waals surface area contributed by atoms with E-state index in [1.165, 1.54) is 0 Å². The van der Waals surface area contributed by atoms with Crippen LogP contribution >= 0.6 is 11.3 Å². The summed E-state index contributed by atoms with van der Waals surface area (Å²) in [5.74, 6) is 1.09. The normalized spacial score (nSPS) is 11.2. The zero-order valence-electron chi connectivity index (χ0n) is 11.5. The molecule has 20 heavy (non-hydrogen) atoms. The number of nitrogens with zero attached hydrogens (tertiary/aromatic N) is 2. The van der Waals surface area contributed by atoms with Crippen LogP contribution in [0.15, 0.2) is 42.5 Å². The molecule has 0 fully saturated rings. The van der Waals surface area contributed by atoms with E-state index in [1.807, 2.05) is 42.5 Å². The van der Waals surface area contributed by atoms with E-state index < -0.39 is 0 Å². The fraction of sp³-hybridized carbons (Fsp3) is 0.250. The fourth-order valence-electron chi connectivity index (χ4n) is 1.88. The summed E-state index contributed by atoms with van der Waals surface area (Å²) >= 11 is 1.64. The molecule has 3 rings (SSSR count). The second-order valence-electron chi connectivity index (χ2n) is 4.95. The van der Waals surface area contributed by atoms with Crippen molar-refractivity contribution in [2.24, 2.45) is 0 Å². The Kier molecular flexibility index (Phi) is 3.65. The molecule has 3 aromatic rings. The van der Waals surface area contributed by atoms with Crippen molar-refractivity contribution in [3.8, 4) is 5.88 Å². The Morgan fingerprint density at radius 2 is 1.85 bits per heavy atom. The third-order valence-corrected chi connectivity index (χ3v) is 4.24. The van der Waals surface area contributed by atoms with E-state index in [0.29, 0.717) is 18.4 Å². The van der Waals surface area contributed by atoms with E-state index in [4.69, 9.17) is 4.74 Å². The highest BCUT2D eigenvalue weighted by atomic mass is 32.1. The number of pyridine rings is 1. The molecule has 0 aliphatic heterocycles.